The van der Waals surface area contributed by atoms with Gasteiger partial charge in [-0.3, -0.25) is 5.01 Å². The van der Waals surface area contributed by atoms with Gasteiger partial charge in [0.1, 0.15) is 6.07 Å². The third kappa shape index (κ3) is 5.14. The molecule has 0 spiro atoms. The smallest absolute Gasteiger partial charge is 0.349 e. The molecule has 5 aromatic rings. The minimum Gasteiger partial charge on any atom is -0.463 e. The first kappa shape index (κ1) is 29.7. The molecule has 4 atom stereocenters. The van der Waals surface area contributed by atoms with Crippen molar-refractivity contribution in [1.82, 2.24) is 0 Å². The molecular formula is C40H33N5O2. The van der Waals surface area contributed by atoms with E-state index in [0.717, 1.165) is 28.1 Å². The van der Waals surface area contributed by atoms with Crippen molar-refractivity contribution in [3.05, 3.63) is 168 Å². The molecule has 0 saturated carbocycles. The summed E-state index contributed by atoms with van der Waals surface area (Å²) in [5.41, 5.74) is 3.82. The van der Waals surface area contributed by atoms with Crippen LogP contribution in [-0.4, -0.2) is 35.6 Å². The number of carbonyl (C=O) groups is 1. The zero-order valence-corrected chi connectivity index (χ0v) is 25.9. The van der Waals surface area contributed by atoms with Gasteiger partial charge in [0.2, 0.25) is 0 Å². The van der Waals surface area contributed by atoms with E-state index in [2.05, 4.69) is 30.3 Å². The monoisotopic (exact) mass is 615 g/mol. The van der Waals surface area contributed by atoms with Crippen LogP contribution in [0.5, 0.6) is 0 Å². The fraction of sp³-hybridized carbons (Fsp3) is 0.150. The van der Waals surface area contributed by atoms with E-state index in [-0.39, 0.29) is 12.5 Å². The average molecular weight is 616 g/mol. The summed E-state index contributed by atoms with van der Waals surface area (Å²) >= 11 is 0. The number of benzene rings is 5. The van der Waals surface area contributed by atoms with Crippen LogP contribution in [0.15, 0.2) is 162 Å². The lowest BCUT2D eigenvalue weighted by molar-refractivity contribution is -0.148. The lowest BCUT2D eigenvalue weighted by atomic mass is 9.69. The third-order valence-corrected chi connectivity index (χ3v) is 8.84. The second-order valence-corrected chi connectivity index (χ2v) is 11.5. The summed E-state index contributed by atoms with van der Waals surface area (Å²) in [4.78, 5) is 14.5. The number of para-hydroxylation sites is 2. The molecule has 47 heavy (non-hydrogen) atoms. The highest BCUT2D eigenvalue weighted by molar-refractivity contribution is 6.14. The van der Waals surface area contributed by atoms with Crippen molar-refractivity contribution in [2.75, 3.05) is 16.6 Å². The van der Waals surface area contributed by atoms with Gasteiger partial charge in [-0.05, 0) is 47.9 Å². The summed E-state index contributed by atoms with van der Waals surface area (Å²) in [5.74, 6) is -1.82. The average Bonchev–Trinajstić information content (AvgIpc) is 3.71. The number of ether oxygens (including phenoxy) is 1. The van der Waals surface area contributed by atoms with Gasteiger partial charge in [-0.15, -0.1) is 0 Å². The van der Waals surface area contributed by atoms with Gasteiger partial charge in [-0.1, -0.05) is 127 Å². The lowest BCUT2D eigenvalue weighted by Crippen LogP contribution is -2.61. The number of carbonyl (C=O) groups excluding carboxylic acids is 1. The maximum Gasteiger partial charge on any atom is 0.349 e. The van der Waals surface area contributed by atoms with Gasteiger partial charge in [0.05, 0.1) is 47.3 Å². The maximum atomic E-state index is 14.5. The second kappa shape index (κ2) is 12.8. The molecule has 4 unspecified atom stereocenters. The van der Waals surface area contributed by atoms with Crippen LogP contribution in [0, 0.1) is 17.2 Å². The lowest BCUT2D eigenvalue weighted by Gasteiger charge is -2.41. The Balaban J connectivity index is 1.55. The van der Waals surface area contributed by atoms with Crippen LogP contribution in [0.1, 0.15) is 29.5 Å². The number of rotatable bonds is 8. The minimum atomic E-state index is -1.87. The summed E-state index contributed by atoms with van der Waals surface area (Å²) in [5, 5.41) is 25.5. The van der Waals surface area contributed by atoms with Crippen LogP contribution in [0.3, 0.4) is 0 Å². The summed E-state index contributed by atoms with van der Waals surface area (Å²) < 4.78 is 5.81. The first-order chi connectivity index (χ1) is 23.2. The van der Waals surface area contributed by atoms with Crippen LogP contribution in [0.4, 0.5) is 11.4 Å². The zero-order valence-electron chi connectivity index (χ0n) is 25.9. The van der Waals surface area contributed by atoms with Crippen LogP contribution in [0.25, 0.3) is 0 Å². The molecule has 0 fully saturated rings. The van der Waals surface area contributed by atoms with Gasteiger partial charge in [-0.25, -0.2) is 9.80 Å². The Kier molecular flexibility index (Phi) is 8.07. The van der Waals surface area contributed by atoms with E-state index in [0.29, 0.717) is 11.4 Å². The Morgan fingerprint density at radius 1 is 0.702 bits per heavy atom. The van der Waals surface area contributed by atoms with Crippen molar-refractivity contribution in [3.63, 3.8) is 0 Å². The quantitative estimate of drug-likeness (QED) is 0.170. The van der Waals surface area contributed by atoms with Crippen molar-refractivity contribution in [2.45, 2.75) is 24.4 Å². The van der Waals surface area contributed by atoms with Crippen molar-refractivity contribution in [1.29, 1.82) is 5.26 Å². The third-order valence-electron chi connectivity index (χ3n) is 8.84. The standard InChI is InChI=1S/C40H33N5O2/c1-2-47-39(46)40(28-41)35(37(31-22-12-5-13-23-31)43-45(40)33-26-16-7-17-27-33)38-34(29-18-8-3-9-19-29)36(30-20-10-4-11-21-30)42-44(38)32-24-14-6-15-25-32/h3-27,34-35,38H,2H2,1H3. The molecule has 2 aliphatic heterocycles. The summed E-state index contributed by atoms with van der Waals surface area (Å²) in [6.45, 7) is 1.87. The highest BCUT2D eigenvalue weighted by Gasteiger charge is 2.65. The highest BCUT2D eigenvalue weighted by atomic mass is 16.5. The van der Waals surface area contributed by atoms with Crippen LogP contribution >= 0.6 is 0 Å². The molecule has 2 aliphatic rings. The van der Waals surface area contributed by atoms with Gasteiger partial charge >= 0.3 is 5.97 Å². The number of hydrazone groups is 2. The molecule has 0 radical (unpaired) electrons. The second-order valence-electron chi connectivity index (χ2n) is 11.5. The van der Waals surface area contributed by atoms with Gasteiger partial charge in [-0.2, -0.15) is 15.5 Å². The topological polar surface area (TPSA) is 81.3 Å². The van der Waals surface area contributed by atoms with Gasteiger partial charge in [0.25, 0.3) is 5.54 Å². The van der Waals surface area contributed by atoms with E-state index in [1.165, 1.54) is 0 Å². The number of nitrogens with zero attached hydrogens (tertiary/aromatic N) is 5. The molecule has 0 saturated heterocycles. The highest BCUT2D eigenvalue weighted by Crippen LogP contribution is 2.50. The van der Waals surface area contributed by atoms with E-state index < -0.39 is 23.5 Å². The van der Waals surface area contributed by atoms with Crippen molar-refractivity contribution >= 4 is 28.8 Å². The van der Waals surface area contributed by atoms with Gasteiger partial charge < -0.3 is 4.74 Å². The number of hydrogen-bond donors (Lipinski definition) is 0. The number of anilines is 2. The Morgan fingerprint density at radius 3 is 1.72 bits per heavy atom. The van der Waals surface area contributed by atoms with Crippen LogP contribution in [0.2, 0.25) is 0 Å². The molecular weight excluding hydrogens is 582 g/mol. The van der Waals surface area contributed by atoms with E-state index in [1.54, 1.807) is 11.9 Å². The molecule has 2 heterocycles. The van der Waals surface area contributed by atoms with E-state index >= 15 is 0 Å². The molecule has 0 N–H and O–H groups in total. The first-order valence-corrected chi connectivity index (χ1v) is 15.8. The Morgan fingerprint density at radius 2 is 1.19 bits per heavy atom. The Labute approximate surface area is 274 Å². The normalized spacial score (nSPS) is 21.9. The summed E-state index contributed by atoms with van der Waals surface area (Å²) in [6.07, 6.45) is 0. The maximum absolute atomic E-state index is 14.5. The molecule has 0 aliphatic carbocycles. The Hall–Kier alpha value is -6.00. The summed E-state index contributed by atoms with van der Waals surface area (Å²) in [6, 6.07) is 51.3. The largest absolute Gasteiger partial charge is 0.463 e. The van der Waals surface area contributed by atoms with E-state index in [4.69, 9.17) is 14.9 Å². The van der Waals surface area contributed by atoms with Gasteiger partial charge in [0, 0.05) is 0 Å². The van der Waals surface area contributed by atoms with Crippen molar-refractivity contribution in [2.24, 2.45) is 16.1 Å². The molecule has 7 heteroatoms. The van der Waals surface area contributed by atoms with E-state index in [1.807, 2.05) is 132 Å². The minimum absolute atomic E-state index is 0.110. The zero-order chi connectivity index (χ0) is 32.2. The van der Waals surface area contributed by atoms with Crippen LogP contribution in [-0.2, 0) is 9.53 Å². The fourth-order valence-electron chi connectivity index (χ4n) is 6.83. The first-order valence-electron chi connectivity index (χ1n) is 15.8. The molecule has 7 nitrogen and oxygen atoms in total. The van der Waals surface area contributed by atoms with Crippen molar-refractivity contribution in [3.8, 4) is 6.07 Å². The molecule has 230 valence electrons. The van der Waals surface area contributed by atoms with Crippen molar-refractivity contribution < 1.29 is 9.53 Å². The van der Waals surface area contributed by atoms with Crippen LogP contribution < -0.4 is 10.0 Å². The number of hydrogen-bond acceptors (Lipinski definition) is 7. The molecule has 0 bridgehead atoms. The fourth-order valence-corrected chi connectivity index (χ4v) is 6.83. The molecule has 0 aromatic heterocycles. The predicted molar refractivity (Wildman–Crippen MR) is 185 cm³/mol. The molecule has 5 aromatic carbocycles. The van der Waals surface area contributed by atoms with E-state index in [9.17, 15) is 10.1 Å². The Bertz CT molecular complexity index is 1940. The molecule has 7 rings (SSSR count). The summed E-state index contributed by atoms with van der Waals surface area (Å²) in [7, 11) is 0. The van der Waals surface area contributed by atoms with Gasteiger partial charge in [0.15, 0.2) is 0 Å². The predicted octanol–water partition coefficient (Wildman–Crippen LogP) is 7.43. The SMILES string of the molecule is CCOC(=O)C1(C#N)C(C2C(c3ccccc3)C(c3ccccc3)=NN2c2ccccc2)C(c2ccccc2)=NN1c1ccccc1. The molecule has 0 amide bonds. The number of esters is 1. The number of nitriles is 1.